The molecule has 1 fully saturated rings. The van der Waals surface area contributed by atoms with Gasteiger partial charge in [0.1, 0.15) is 10.6 Å². The van der Waals surface area contributed by atoms with Crippen LogP contribution in [0.4, 0.5) is 5.69 Å². The van der Waals surface area contributed by atoms with Gasteiger partial charge in [-0.2, -0.15) is 0 Å². The molecule has 0 aliphatic heterocycles. The molecule has 6 heteroatoms. The fourth-order valence-corrected chi connectivity index (χ4v) is 2.19. The third-order valence-corrected chi connectivity index (χ3v) is 3.63. The Morgan fingerprint density at radius 2 is 2.00 bits per heavy atom. The summed E-state index contributed by atoms with van der Waals surface area (Å²) in [4.78, 5) is -0.0616. The Kier molecular flexibility index (Phi) is 2.77. The molecule has 0 unspecified atom stereocenters. The molecule has 1 aliphatic carbocycles. The van der Waals surface area contributed by atoms with Gasteiger partial charge in [-0.15, -0.1) is 0 Å². The molecule has 16 heavy (non-hydrogen) atoms. The summed E-state index contributed by atoms with van der Waals surface area (Å²) < 4.78 is 27.8. The van der Waals surface area contributed by atoms with Gasteiger partial charge in [-0.3, -0.25) is 0 Å². The average Bonchev–Trinajstić information content (AvgIpc) is 2.09. The first-order chi connectivity index (χ1) is 7.47. The number of rotatable bonds is 3. The lowest BCUT2D eigenvalue weighted by atomic mass is 9.96. The fraction of sp³-hybridized carbons (Fsp3) is 0.400. The van der Waals surface area contributed by atoms with Crippen LogP contribution >= 0.6 is 0 Å². The largest absolute Gasteiger partial charge is 0.490 e. The van der Waals surface area contributed by atoms with E-state index in [1.54, 1.807) is 6.07 Å². The van der Waals surface area contributed by atoms with Crippen molar-refractivity contribution < 1.29 is 13.2 Å². The van der Waals surface area contributed by atoms with E-state index in [0.717, 1.165) is 12.8 Å². The highest BCUT2D eigenvalue weighted by atomic mass is 32.2. The third-order valence-electron chi connectivity index (χ3n) is 2.64. The summed E-state index contributed by atoms with van der Waals surface area (Å²) in [5, 5.41) is 5.00. The topological polar surface area (TPSA) is 95.4 Å². The third kappa shape index (κ3) is 2.28. The minimum Gasteiger partial charge on any atom is -0.490 e. The standard InChI is InChI=1S/C10H14N2O3S/c11-9-6-8(15-7-2-1-3-7)4-5-10(9)16(12,13)14/h4-7H,1-3,11H2,(H2,12,13,14). The molecule has 4 N–H and O–H groups in total. The molecular formula is C10H14N2O3S. The van der Waals surface area contributed by atoms with E-state index in [0.29, 0.717) is 5.75 Å². The Labute approximate surface area is 94.4 Å². The van der Waals surface area contributed by atoms with Crippen LogP contribution in [0.2, 0.25) is 0 Å². The van der Waals surface area contributed by atoms with Crippen molar-refractivity contribution in [1.82, 2.24) is 0 Å². The van der Waals surface area contributed by atoms with Crippen LogP contribution in [0.1, 0.15) is 19.3 Å². The highest BCUT2D eigenvalue weighted by Gasteiger charge is 2.20. The van der Waals surface area contributed by atoms with Gasteiger partial charge in [-0.05, 0) is 31.4 Å². The number of ether oxygens (including phenoxy) is 1. The monoisotopic (exact) mass is 242 g/mol. The minimum atomic E-state index is -3.75. The molecule has 5 nitrogen and oxygen atoms in total. The van der Waals surface area contributed by atoms with E-state index in [9.17, 15) is 8.42 Å². The van der Waals surface area contributed by atoms with Crippen LogP contribution in [0.15, 0.2) is 23.1 Å². The molecule has 88 valence electrons. The maximum absolute atomic E-state index is 11.1. The lowest BCUT2D eigenvalue weighted by Gasteiger charge is -2.26. The highest BCUT2D eigenvalue weighted by Crippen LogP contribution is 2.28. The van der Waals surface area contributed by atoms with Crippen LogP contribution in [-0.4, -0.2) is 14.5 Å². The summed E-state index contributed by atoms with van der Waals surface area (Å²) in [6.45, 7) is 0. The number of nitrogens with two attached hydrogens (primary N) is 2. The Balaban J connectivity index is 2.22. The van der Waals surface area contributed by atoms with Crippen molar-refractivity contribution in [2.45, 2.75) is 30.3 Å². The minimum absolute atomic E-state index is 0.0616. The number of hydrogen-bond donors (Lipinski definition) is 2. The van der Waals surface area contributed by atoms with Gasteiger partial charge in [0.05, 0.1) is 11.8 Å². The van der Waals surface area contributed by atoms with Crippen LogP contribution in [0, 0.1) is 0 Å². The molecule has 0 saturated heterocycles. The van der Waals surface area contributed by atoms with Crippen molar-refractivity contribution in [3.8, 4) is 5.75 Å². The van der Waals surface area contributed by atoms with Crippen molar-refractivity contribution >= 4 is 15.7 Å². The molecule has 0 radical (unpaired) electrons. The van der Waals surface area contributed by atoms with Crippen LogP contribution < -0.4 is 15.6 Å². The Hall–Kier alpha value is -1.27. The zero-order valence-electron chi connectivity index (χ0n) is 8.72. The van der Waals surface area contributed by atoms with E-state index < -0.39 is 10.0 Å². The molecule has 0 aromatic heterocycles. The SMILES string of the molecule is Nc1cc(OC2CCC2)ccc1S(N)(=O)=O. The molecule has 1 aromatic rings. The van der Waals surface area contributed by atoms with Crippen molar-refractivity contribution in [1.29, 1.82) is 0 Å². The predicted molar refractivity (Wildman–Crippen MR) is 60.5 cm³/mol. The lowest BCUT2D eigenvalue weighted by molar-refractivity contribution is 0.120. The van der Waals surface area contributed by atoms with E-state index in [1.165, 1.54) is 18.6 Å². The van der Waals surface area contributed by atoms with Crippen molar-refractivity contribution in [2.24, 2.45) is 5.14 Å². The van der Waals surface area contributed by atoms with E-state index in [4.69, 9.17) is 15.6 Å². The molecule has 1 aromatic carbocycles. The maximum Gasteiger partial charge on any atom is 0.240 e. The lowest BCUT2D eigenvalue weighted by Crippen LogP contribution is -2.24. The number of benzene rings is 1. The van der Waals surface area contributed by atoms with E-state index in [-0.39, 0.29) is 16.7 Å². The van der Waals surface area contributed by atoms with Gasteiger partial charge < -0.3 is 10.5 Å². The number of primary sulfonamides is 1. The zero-order valence-corrected chi connectivity index (χ0v) is 9.53. The molecular weight excluding hydrogens is 228 g/mol. The molecule has 2 rings (SSSR count). The van der Waals surface area contributed by atoms with Crippen LogP contribution in [0.3, 0.4) is 0 Å². The summed E-state index contributed by atoms with van der Waals surface area (Å²) in [5.41, 5.74) is 5.73. The molecule has 0 atom stereocenters. The highest BCUT2D eigenvalue weighted by molar-refractivity contribution is 7.89. The fourth-order valence-electron chi connectivity index (χ4n) is 1.54. The summed E-state index contributed by atoms with van der Waals surface area (Å²) in [5.74, 6) is 0.592. The summed E-state index contributed by atoms with van der Waals surface area (Å²) in [6.07, 6.45) is 3.49. The van der Waals surface area contributed by atoms with Gasteiger partial charge in [-0.1, -0.05) is 0 Å². The van der Waals surface area contributed by atoms with E-state index in [2.05, 4.69) is 0 Å². The quantitative estimate of drug-likeness (QED) is 0.768. The van der Waals surface area contributed by atoms with Crippen molar-refractivity contribution in [2.75, 3.05) is 5.73 Å². The zero-order chi connectivity index (χ0) is 11.8. The van der Waals surface area contributed by atoms with Crippen LogP contribution in [0.25, 0.3) is 0 Å². The normalized spacial score (nSPS) is 16.8. The first-order valence-electron chi connectivity index (χ1n) is 5.06. The predicted octanol–water partition coefficient (Wildman–Crippen LogP) is 0.847. The number of nitrogen functional groups attached to an aromatic ring is 1. The first kappa shape index (κ1) is 11.2. The van der Waals surface area contributed by atoms with Gasteiger partial charge in [0.25, 0.3) is 0 Å². The molecule has 0 bridgehead atoms. The van der Waals surface area contributed by atoms with Gasteiger partial charge in [0.2, 0.25) is 10.0 Å². The van der Waals surface area contributed by atoms with E-state index in [1.807, 2.05) is 0 Å². The van der Waals surface area contributed by atoms with Crippen molar-refractivity contribution in [3.05, 3.63) is 18.2 Å². The van der Waals surface area contributed by atoms with E-state index >= 15 is 0 Å². The maximum atomic E-state index is 11.1. The second-order valence-electron chi connectivity index (χ2n) is 3.92. The average molecular weight is 242 g/mol. The second kappa shape index (κ2) is 3.95. The molecule has 1 saturated carbocycles. The Morgan fingerprint density at radius 1 is 1.31 bits per heavy atom. The smallest absolute Gasteiger partial charge is 0.240 e. The first-order valence-corrected chi connectivity index (χ1v) is 6.60. The summed E-state index contributed by atoms with van der Waals surface area (Å²) >= 11 is 0. The molecule has 0 heterocycles. The molecule has 0 amide bonds. The van der Waals surface area contributed by atoms with Gasteiger partial charge >= 0.3 is 0 Å². The van der Waals surface area contributed by atoms with Gasteiger partial charge in [-0.25, -0.2) is 13.6 Å². The van der Waals surface area contributed by atoms with Crippen molar-refractivity contribution in [3.63, 3.8) is 0 Å². The van der Waals surface area contributed by atoms with Gasteiger partial charge in [0.15, 0.2) is 0 Å². The van der Waals surface area contributed by atoms with Crippen LogP contribution in [0.5, 0.6) is 5.75 Å². The second-order valence-corrected chi connectivity index (χ2v) is 5.45. The Bertz CT molecular complexity index is 495. The number of anilines is 1. The number of hydrogen-bond acceptors (Lipinski definition) is 4. The van der Waals surface area contributed by atoms with Crippen LogP contribution in [-0.2, 0) is 10.0 Å². The number of sulfonamides is 1. The summed E-state index contributed by atoms with van der Waals surface area (Å²) in [7, 11) is -3.75. The Morgan fingerprint density at radius 3 is 2.44 bits per heavy atom. The molecule has 1 aliphatic rings. The molecule has 0 spiro atoms. The van der Waals surface area contributed by atoms with Gasteiger partial charge in [0, 0.05) is 6.07 Å². The summed E-state index contributed by atoms with van der Waals surface area (Å²) in [6, 6.07) is 4.45.